The summed E-state index contributed by atoms with van der Waals surface area (Å²) in [5.41, 5.74) is 4.27. The van der Waals surface area contributed by atoms with Gasteiger partial charge in [-0.3, -0.25) is 4.90 Å². The predicted molar refractivity (Wildman–Crippen MR) is 108 cm³/mol. The van der Waals surface area contributed by atoms with Crippen LogP contribution in [0.4, 0.5) is 5.69 Å². The van der Waals surface area contributed by atoms with Crippen LogP contribution in [0.2, 0.25) is 0 Å². The van der Waals surface area contributed by atoms with E-state index in [1.807, 2.05) is 12.1 Å². The number of likely N-dealkylation sites (tertiary alicyclic amines) is 1. The van der Waals surface area contributed by atoms with Crippen molar-refractivity contribution < 1.29 is 5.11 Å². The third-order valence-corrected chi connectivity index (χ3v) is 7.03. The summed E-state index contributed by atoms with van der Waals surface area (Å²) in [6, 6.07) is 17.2. The van der Waals surface area contributed by atoms with Crippen LogP contribution in [0.5, 0.6) is 5.75 Å². The maximum absolute atomic E-state index is 9.98. The molecule has 2 bridgehead atoms. The van der Waals surface area contributed by atoms with Crippen molar-refractivity contribution in [3.8, 4) is 5.75 Å². The maximum atomic E-state index is 9.98. The molecule has 4 rings (SSSR count). The van der Waals surface area contributed by atoms with Gasteiger partial charge in [-0.05, 0) is 66.1 Å². The lowest BCUT2D eigenvalue weighted by molar-refractivity contribution is 0.0335. The summed E-state index contributed by atoms with van der Waals surface area (Å²) < 4.78 is 0. The molecule has 0 amide bonds. The fourth-order valence-corrected chi connectivity index (χ4v) is 5.06. The smallest absolute Gasteiger partial charge is 0.115 e. The van der Waals surface area contributed by atoms with Gasteiger partial charge in [0.2, 0.25) is 0 Å². The number of phenols is 1. The summed E-state index contributed by atoms with van der Waals surface area (Å²) in [4.78, 5) is 5.05. The van der Waals surface area contributed by atoms with Crippen LogP contribution in [0.1, 0.15) is 31.4 Å². The molecule has 2 aliphatic rings. The van der Waals surface area contributed by atoms with Crippen molar-refractivity contribution in [2.75, 3.05) is 31.6 Å². The molecule has 1 N–H and O–H groups in total. The summed E-state index contributed by atoms with van der Waals surface area (Å²) in [5.74, 6) is 1.01. The first-order valence-corrected chi connectivity index (χ1v) is 9.81. The molecule has 1 aliphatic heterocycles. The molecule has 1 aliphatic carbocycles. The van der Waals surface area contributed by atoms with Crippen molar-refractivity contribution in [3.63, 3.8) is 0 Å². The zero-order valence-electron chi connectivity index (χ0n) is 16.2. The standard InChI is InChI=1S/C23H30N2O/c1-17-22-15-18-9-10-20(26)16-21(18)23(17,2)11-12-25(22)14-13-24(3)19-7-5-4-6-8-19/h4-10,16-17,22,26H,11-15H2,1-3H3/t17-,22+,23-/m1/s1. The Morgan fingerprint density at radius 1 is 1.19 bits per heavy atom. The minimum Gasteiger partial charge on any atom is -0.508 e. The second-order valence-corrected chi connectivity index (χ2v) is 8.36. The number of phenolic OH excluding ortho intramolecular Hbond substituents is 1. The van der Waals surface area contributed by atoms with Crippen LogP contribution in [0.3, 0.4) is 0 Å². The molecule has 0 unspecified atom stereocenters. The monoisotopic (exact) mass is 350 g/mol. The topological polar surface area (TPSA) is 26.7 Å². The summed E-state index contributed by atoms with van der Waals surface area (Å²) in [5, 5.41) is 9.98. The number of rotatable bonds is 4. The largest absolute Gasteiger partial charge is 0.508 e. The third-order valence-electron chi connectivity index (χ3n) is 7.03. The van der Waals surface area contributed by atoms with E-state index in [4.69, 9.17) is 0 Å². The average Bonchev–Trinajstić information content (AvgIpc) is 2.65. The zero-order valence-corrected chi connectivity index (χ0v) is 16.2. The van der Waals surface area contributed by atoms with Crippen molar-refractivity contribution in [2.45, 2.75) is 38.1 Å². The van der Waals surface area contributed by atoms with Gasteiger partial charge in [-0.2, -0.15) is 0 Å². The van der Waals surface area contributed by atoms with Crippen LogP contribution in [0.15, 0.2) is 48.5 Å². The van der Waals surface area contributed by atoms with Crippen LogP contribution in [-0.2, 0) is 11.8 Å². The van der Waals surface area contributed by atoms with E-state index in [9.17, 15) is 5.11 Å². The van der Waals surface area contributed by atoms with Gasteiger partial charge in [-0.15, -0.1) is 0 Å². The first-order valence-electron chi connectivity index (χ1n) is 9.81. The number of anilines is 1. The molecule has 1 saturated heterocycles. The Morgan fingerprint density at radius 3 is 2.73 bits per heavy atom. The van der Waals surface area contributed by atoms with E-state index in [0.29, 0.717) is 17.7 Å². The van der Waals surface area contributed by atoms with Crippen LogP contribution >= 0.6 is 0 Å². The van der Waals surface area contributed by atoms with E-state index in [1.165, 1.54) is 16.8 Å². The molecule has 1 fully saturated rings. The van der Waals surface area contributed by atoms with Crippen LogP contribution in [0, 0.1) is 5.92 Å². The molecule has 138 valence electrons. The normalized spacial score (nSPS) is 27.8. The Balaban J connectivity index is 1.51. The fourth-order valence-electron chi connectivity index (χ4n) is 5.06. The molecule has 0 spiro atoms. The molecular formula is C23H30N2O. The lowest BCUT2D eigenvalue weighted by Crippen LogP contribution is -2.58. The average molecular weight is 351 g/mol. The Kier molecular flexibility index (Phi) is 4.44. The van der Waals surface area contributed by atoms with Gasteiger partial charge in [0.1, 0.15) is 5.75 Å². The first-order chi connectivity index (χ1) is 12.5. The predicted octanol–water partition coefficient (Wildman–Crippen LogP) is 4.05. The zero-order chi connectivity index (χ0) is 18.3. The van der Waals surface area contributed by atoms with Gasteiger partial charge in [0.25, 0.3) is 0 Å². The van der Waals surface area contributed by atoms with Gasteiger partial charge in [0.05, 0.1) is 0 Å². The Bertz CT molecular complexity index is 775. The van der Waals surface area contributed by atoms with Crippen LogP contribution in [0.25, 0.3) is 0 Å². The van der Waals surface area contributed by atoms with E-state index >= 15 is 0 Å². The maximum Gasteiger partial charge on any atom is 0.115 e. The number of aromatic hydroxyl groups is 1. The van der Waals surface area contributed by atoms with Crippen molar-refractivity contribution in [1.29, 1.82) is 0 Å². The van der Waals surface area contributed by atoms with Gasteiger partial charge < -0.3 is 10.0 Å². The van der Waals surface area contributed by atoms with E-state index in [-0.39, 0.29) is 5.41 Å². The molecule has 2 aromatic rings. The third kappa shape index (κ3) is 2.88. The quantitative estimate of drug-likeness (QED) is 0.901. The van der Waals surface area contributed by atoms with Crippen molar-refractivity contribution in [2.24, 2.45) is 5.92 Å². The van der Waals surface area contributed by atoms with Crippen LogP contribution in [-0.4, -0.2) is 42.7 Å². The second kappa shape index (κ2) is 6.62. The van der Waals surface area contributed by atoms with Gasteiger partial charge in [-0.1, -0.05) is 38.1 Å². The number of benzene rings is 2. The first kappa shape index (κ1) is 17.4. The van der Waals surface area contributed by atoms with Crippen molar-refractivity contribution in [1.82, 2.24) is 4.90 Å². The Labute approximate surface area is 157 Å². The number of para-hydroxylation sites is 1. The molecule has 2 aromatic carbocycles. The SMILES string of the molecule is C[C@@H]1[C@@H]2Cc3ccc(O)cc3[C@]1(C)CCN2CCN(C)c1ccccc1. The highest BCUT2D eigenvalue weighted by atomic mass is 16.3. The summed E-state index contributed by atoms with van der Waals surface area (Å²) in [6.45, 7) is 8.10. The van der Waals surface area contributed by atoms with Gasteiger partial charge >= 0.3 is 0 Å². The summed E-state index contributed by atoms with van der Waals surface area (Å²) in [6.07, 6.45) is 2.26. The molecule has 0 radical (unpaired) electrons. The van der Waals surface area contributed by atoms with E-state index < -0.39 is 0 Å². The summed E-state index contributed by atoms with van der Waals surface area (Å²) in [7, 11) is 2.19. The number of nitrogens with zero attached hydrogens (tertiary/aromatic N) is 2. The van der Waals surface area contributed by atoms with Crippen molar-refractivity contribution >= 4 is 5.69 Å². The van der Waals surface area contributed by atoms with Gasteiger partial charge in [-0.25, -0.2) is 0 Å². The molecule has 3 heteroatoms. The van der Waals surface area contributed by atoms with Crippen molar-refractivity contribution in [3.05, 3.63) is 59.7 Å². The van der Waals surface area contributed by atoms with E-state index in [0.717, 1.165) is 32.5 Å². The minimum absolute atomic E-state index is 0.179. The molecule has 3 nitrogen and oxygen atoms in total. The van der Waals surface area contributed by atoms with E-state index in [2.05, 4.69) is 67.1 Å². The molecule has 1 heterocycles. The molecule has 26 heavy (non-hydrogen) atoms. The minimum atomic E-state index is 0.179. The number of fused-ring (bicyclic) bond motifs is 4. The Morgan fingerprint density at radius 2 is 1.96 bits per heavy atom. The number of hydrogen-bond donors (Lipinski definition) is 1. The molecule has 0 saturated carbocycles. The lowest BCUT2D eigenvalue weighted by atomic mass is 9.59. The second-order valence-electron chi connectivity index (χ2n) is 8.36. The highest BCUT2D eigenvalue weighted by Gasteiger charge is 2.48. The highest BCUT2D eigenvalue weighted by Crippen LogP contribution is 2.49. The molecular weight excluding hydrogens is 320 g/mol. The lowest BCUT2D eigenvalue weighted by Gasteiger charge is -2.54. The van der Waals surface area contributed by atoms with Gasteiger partial charge in [0.15, 0.2) is 0 Å². The summed E-state index contributed by atoms with van der Waals surface area (Å²) >= 11 is 0. The Hall–Kier alpha value is -2.00. The number of likely N-dealkylation sites (N-methyl/N-ethyl adjacent to an activating group) is 1. The fraction of sp³-hybridized carbons (Fsp3) is 0.478. The van der Waals surface area contributed by atoms with Gasteiger partial charge in [0, 0.05) is 31.9 Å². The highest BCUT2D eigenvalue weighted by molar-refractivity contribution is 5.45. The number of hydrogen-bond acceptors (Lipinski definition) is 3. The molecule has 0 aromatic heterocycles. The number of piperidine rings is 1. The molecule has 3 atom stereocenters. The van der Waals surface area contributed by atoms with Crippen LogP contribution < -0.4 is 4.90 Å². The van der Waals surface area contributed by atoms with E-state index in [1.54, 1.807) is 0 Å².